The van der Waals surface area contributed by atoms with E-state index in [-0.39, 0.29) is 37.5 Å². The van der Waals surface area contributed by atoms with Crippen LogP contribution in [0.1, 0.15) is 213 Å². The third-order valence-corrected chi connectivity index (χ3v) is 9.71. The Kier molecular flexibility index (Phi) is 43.0. The summed E-state index contributed by atoms with van der Waals surface area (Å²) >= 11 is 0. The zero-order chi connectivity index (χ0) is 41.5. The molecule has 0 heterocycles. The second-order valence-corrected chi connectivity index (χ2v) is 15.3. The van der Waals surface area contributed by atoms with Crippen LogP contribution in [0.5, 0.6) is 0 Å². The molecule has 0 radical (unpaired) electrons. The summed E-state index contributed by atoms with van der Waals surface area (Å²) in [7, 11) is 0. The molecule has 0 aliphatic rings. The van der Waals surface area contributed by atoms with Gasteiger partial charge < -0.3 is 14.2 Å². The van der Waals surface area contributed by atoms with Gasteiger partial charge in [-0.25, -0.2) is 0 Å². The summed E-state index contributed by atoms with van der Waals surface area (Å²) in [5.74, 6) is -0.986. The van der Waals surface area contributed by atoms with Gasteiger partial charge >= 0.3 is 17.9 Å². The van der Waals surface area contributed by atoms with Crippen LogP contribution < -0.4 is 0 Å². The summed E-state index contributed by atoms with van der Waals surface area (Å²) in [4.78, 5) is 37.7. The molecule has 0 N–H and O–H groups in total. The first-order valence-electron chi connectivity index (χ1n) is 23.4. The zero-order valence-corrected chi connectivity index (χ0v) is 37.1. The molecule has 0 saturated carbocycles. The van der Waals surface area contributed by atoms with Gasteiger partial charge in [0, 0.05) is 19.3 Å². The number of esters is 3. The molecule has 0 fully saturated rings. The Morgan fingerprint density at radius 1 is 0.368 bits per heavy atom. The van der Waals surface area contributed by atoms with Gasteiger partial charge in [0.1, 0.15) is 13.2 Å². The van der Waals surface area contributed by atoms with E-state index in [9.17, 15) is 14.4 Å². The first-order chi connectivity index (χ1) is 28.0. The predicted molar refractivity (Wildman–Crippen MR) is 242 cm³/mol. The zero-order valence-electron chi connectivity index (χ0n) is 37.1. The Balaban J connectivity index is 4.45. The molecule has 6 heteroatoms. The van der Waals surface area contributed by atoms with Crippen molar-refractivity contribution in [2.75, 3.05) is 13.2 Å². The van der Waals surface area contributed by atoms with E-state index < -0.39 is 6.10 Å². The van der Waals surface area contributed by atoms with Gasteiger partial charge in [-0.15, -0.1) is 0 Å². The summed E-state index contributed by atoms with van der Waals surface area (Å²) < 4.78 is 16.7. The van der Waals surface area contributed by atoms with Gasteiger partial charge in [0.2, 0.25) is 0 Å². The van der Waals surface area contributed by atoms with Gasteiger partial charge in [-0.3, -0.25) is 14.4 Å². The molecule has 0 rings (SSSR count). The van der Waals surface area contributed by atoms with Gasteiger partial charge in [0.25, 0.3) is 0 Å². The van der Waals surface area contributed by atoms with E-state index in [1.165, 1.54) is 77.0 Å². The third-order valence-electron chi connectivity index (χ3n) is 9.71. The van der Waals surface area contributed by atoms with E-state index in [2.05, 4.69) is 93.7 Å². The number of carbonyl (C=O) groups excluding carboxylic acids is 3. The number of allylic oxidation sites excluding steroid dienone is 12. The standard InChI is InChI=1S/C51H86O6/c1-4-7-10-13-16-19-22-25-26-27-30-32-35-38-41-44-50(53)56-47-48(57-51(54)45-42-39-36-33-29-24-21-18-15-12-9-6-3)46-55-49(52)43-40-37-34-31-28-23-20-17-14-11-8-5-2/h8-9,11-12,17-18,20-21,28-29,31,33,48H,4-7,10,13-16,19,22-27,30,32,34-47H2,1-3H3/b11-8-,12-9-,20-17-,21-18-,31-28-,33-29-. The van der Waals surface area contributed by atoms with E-state index >= 15 is 0 Å². The van der Waals surface area contributed by atoms with Crippen molar-refractivity contribution in [3.63, 3.8) is 0 Å². The van der Waals surface area contributed by atoms with Gasteiger partial charge in [-0.05, 0) is 83.5 Å². The maximum Gasteiger partial charge on any atom is 0.306 e. The smallest absolute Gasteiger partial charge is 0.306 e. The molecule has 0 saturated heterocycles. The summed E-state index contributed by atoms with van der Waals surface area (Å²) in [6.07, 6.45) is 56.1. The van der Waals surface area contributed by atoms with E-state index in [0.717, 1.165) is 89.9 Å². The van der Waals surface area contributed by atoms with E-state index in [0.29, 0.717) is 19.3 Å². The van der Waals surface area contributed by atoms with Crippen molar-refractivity contribution in [2.24, 2.45) is 0 Å². The summed E-state index contributed by atoms with van der Waals surface area (Å²) in [6, 6.07) is 0. The third kappa shape index (κ3) is 43.8. The van der Waals surface area contributed by atoms with Gasteiger partial charge in [-0.2, -0.15) is 0 Å². The average molecular weight is 795 g/mol. The van der Waals surface area contributed by atoms with Crippen LogP contribution in [0.3, 0.4) is 0 Å². The fourth-order valence-electron chi connectivity index (χ4n) is 6.23. The molecule has 0 amide bonds. The van der Waals surface area contributed by atoms with Crippen molar-refractivity contribution < 1.29 is 28.6 Å². The lowest BCUT2D eigenvalue weighted by atomic mass is 10.0. The normalized spacial score (nSPS) is 12.7. The number of rotatable bonds is 41. The Morgan fingerprint density at radius 2 is 0.684 bits per heavy atom. The van der Waals surface area contributed by atoms with Crippen molar-refractivity contribution in [1.29, 1.82) is 0 Å². The molecule has 0 aliphatic heterocycles. The van der Waals surface area contributed by atoms with Crippen LogP contribution in [0.25, 0.3) is 0 Å². The Hall–Kier alpha value is -3.15. The van der Waals surface area contributed by atoms with Crippen LogP contribution in [-0.4, -0.2) is 37.2 Å². The van der Waals surface area contributed by atoms with Gasteiger partial charge in [0.05, 0.1) is 0 Å². The molecule has 0 aliphatic carbocycles. The summed E-state index contributed by atoms with van der Waals surface area (Å²) in [5, 5.41) is 0. The molecule has 0 aromatic rings. The van der Waals surface area contributed by atoms with Crippen molar-refractivity contribution in [1.82, 2.24) is 0 Å². The molecule has 0 bridgehead atoms. The Labute approximate surface area is 351 Å². The highest BCUT2D eigenvalue weighted by Crippen LogP contribution is 2.14. The molecule has 1 unspecified atom stereocenters. The fourth-order valence-corrected chi connectivity index (χ4v) is 6.23. The maximum atomic E-state index is 12.7. The maximum absolute atomic E-state index is 12.7. The van der Waals surface area contributed by atoms with E-state index in [4.69, 9.17) is 14.2 Å². The molecular formula is C51H86O6. The number of unbranched alkanes of at least 4 members (excludes halogenated alkanes) is 18. The minimum Gasteiger partial charge on any atom is -0.462 e. The molecule has 1 atom stereocenters. The van der Waals surface area contributed by atoms with Crippen molar-refractivity contribution in [3.05, 3.63) is 72.9 Å². The highest BCUT2D eigenvalue weighted by molar-refractivity contribution is 5.71. The van der Waals surface area contributed by atoms with Crippen LogP contribution in [0, 0.1) is 0 Å². The number of hydrogen-bond acceptors (Lipinski definition) is 6. The van der Waals surface area contributed by atoms with Crippen LogP contribution in [-0.2, 0) is 28.6 Å². The lowest BCUT2D eigenvalue weighted by Crippen LogP contribution is -2.30. The number of ether oxygens (including phenoxy) is 3. The lowest BCUT2D eigenvalue weighted by Gasteiger charge is -2.18. The molecule has 6 nitrogen and oxygen atoms in total. The van der Waals surface area contributed by atoms with Crippen LogP contribution >= 0.6 is 0 Å². The Bertz CT molecular complexity index is 1100. The summed E-state index contributed by atoms with van der Waals surface area (Å²) in [6.45, 7) is 6.33. The van der Waals surface area contributed by atoms with Crippen LogP contribution in [0.4, 0.5) is 0 Å². The van der Waals surface area contributed by atoms with Crippen molar-refractivity contribution >= 4 is 17.9 Å². The van der Waals surface area contributed by atoms with Crippen LogP contribution in [0.2, 0.25) is 0 Å². The van der Waals surface area contributed by atoms with Crippen LogP contribution in [0.15, 0.2) is 72.9 Å². The number of carbonyl (C=O) groups is 3. The topological polar surface area (TPSA) is 78.9 Å². The highest BCUT2D eigenvalue weighted by atomic mass is 16.6. The SMILES string of the molecule is CC/C=C\C/C=C\C/C=C\CCCCC(=O)OCC(COC(=O)CCCCCCCCCCCCCCCCC)OC(=O)CCCC/C=C\C/C=C\C/C=C\CC. The van der Waals surface area contributed by atoms with E-state index in [1.54, 1.807) is 0 Å². The quantitative estimate of drug-likeness (QED) is 0.0265. The molecule has 0 spiro atoms. The molecule has 0 aromatic carbocycles. The molecule has 57 heavy (non-hydrogen) atoms. The largest absolute Gasteiger partial charge is 0.462 e. The fraction of sp³-hybridized carbons (Fsp3) is 0.706. The second-order valence-electron chi connectivity index (χ2n) is 15.3. The minimum absolute atomic E-state index is 0.102. The first kappa shape index (κ1) is 53.9. The Morgan fingerprint density at radius 3 is 1.07 bits per heavy atom. The predicted octanol–water partition coefficient (Wildman–Crippen LogP) is 15.1. The average Bonchev–Trinajstić information content (AvgIpc) is 3.21. The van der Waals surface area contributed by atoms with Crippen molar-refractivity contribution in [2.45, 2.75) is 219 Å². The first-order valence-corrected chi connectivity index (χ1v) is 23.4. The lowest BCUT2D eigenvalue weighted by molar-refractivity contribution is -0.167. The van der Waals surface area contributed by atoms with Gasteiger partial charge in [0.15, 0.2) is 6.10 Å². The monoisotopic (exact) mass is 795 g/mol. The summed E-state index contributed by atoms with van der Waals surface area (Å²) in [5.41, 5.74) is 0. The van der Waals surface area contributed by atoms with E-state index in [1.807, 2.05) is 0 Å². The second kappa shape index (κ2) is 45.6. The molecule has 0 aromatic heterocycles. The van der Waals surface area contributed by atoms with Gasteiger partial charge in [-0.1, -0.05) is 184 Å². The number of hydrogen-bond donors (Lipinski definition) is 0. The molecule has 326 valence electrons. The molecular weight excluding hydrogens is 709 g/mol. The minimum atomic E-state index is -0.807. The van der Waals surface area contributed by atoms with Crippen molar-refractivity contribution in [3.8, 4) is 0 Å². The highest BCUT2D eigenvalue weighted by Gasteiger charge is 2.19.